The van der Waals surface area contributed by atoms with Crippen molar-refractivity contribution in [2.75, 3.05) is 21.3 Å². The number of methoxy groups -OCH3 is 3. The lowest BCUT2D eigenvalue weighted by atomic mass is 10.1. The Bertz CT molecular complexity index is 447. The van der Waals surface area contributed by atoms with E-state index < -0.39 is 6.04 Å². The number of amides is 1. The van der Waals surface area contributed by atoms with Crippen LogP contribution in [0.15, 0.2) is 12.1 Å². The Morgan fingerprint density at radius 3 is 2.16 bits per heavy atom. The first kappa shape index (κ1) is 15.1. The molecule has 1 rings (SSSR count). The second-order valence-electron chi connectivity index (χ2n) is 4.03. The van der Waals surface area contributed by atoms with Crippen molar-refractivity contribution in [3.05, 3.63) is 17.7 Å². The van der Waals surface area contributed by atoms with E-state index in [4.69, 9.17) is 19.9 Å². The maximum absolute atomic E-state index is 11.5. The number of nitrogens with one attached hydrogen (secondary N) is 1. The highest BCUT2D eigenvalue weighted by atomic mass is 16.5. The Labute approximate surface area is 112 Å². The summed E-state index contributed by atoms with van der Waals surface area (Å²) in [6.45, 7) is 1.94. The minimum absolute atomic E-state index is 0.225. The predicted molar refractivity (Wildman–Crippen MR) is 71.6 cm³/mol. The molecule has 0 spiro atoms. The van der Waals surface area contributed by atoms with Gasteiger partial charge in [0.1, 0.15) is 5.75 Å². The third kappa shape index (κ3) is 3.75. The van der Waals surface area contributed by atoms with Crippen molar-refractivity contribution in [2.24, 2.45) is 5.73 Å². The van der Waals surface area contributed by atoms with Crippen molar-refractivity contribution < 1.29 is 19.0 Å². The monoisotopic (exact) mass is 268 g/mol. The lowest BCUT2D eigenvalue weighted by Crippen LogP contribution is -2.37. The van der Waals surface area contributed by atoms with E-state index in [2.05, 4.69) is 5.32 Å². The number of carbonyl (C=O) groups excluding carboxylic acids is 1. The Hall–Kier alpha value is -1.95. The first-order chi connectivity index (χ1) is 9.03. The van der Waals surface area contributed by atoms with Crippen LogP contribution in [0.5, 0.6) is 17.2 Å². The zero-order valence-corrected chi connectivity index (χ0v) is 11.6. The average Bonchev–Trinajstić information content (AvgIpc) is 2.43. The highest BCUT2D eigenvalue weighted by Gasteiger charge is 2.13. The summed E-state index contributed by atoms with van der Waals surface area (Å²) in [5.74, 6) is 1.54. The smallest absolute Gasteiger partial charge is 0.236 e. The largest absolute Gasteiger partial charge is 0.496 e. The predicted octanol–water partition coefficient (Wildman–Crippen LogP) is 0.676. The van der Waals surface area contributed by atoms with Crippen LogP contribution in [0, 0.1) is 0 Å². The van der Waals surface area contributed by atoms with Crippen LogP contribution in [0.3, 0.4) is 0 Å². The molecule has 1 aromatic rings. The maximum atomic E-state index is 11.5. The number of benzene rings is 1. The van der Waals surface area contributed by atoms with Gasteiger partial charge in [0.15, 0.2) is 11.5 Å². The van der Waals surface area contributed by atoms with Gasteiger partial charge < -0.3 is 25.3 Å². The van der Waals surface area contributed by atoms with Crippen molar-refractivity contribution in [2.45, 2.75) is 19.5 Å². The van der Waals surface area contributed by atoms with Gasteiger partial charge in [-0.1, -0.05) is 0 Å². The molecular formula is C13H20N2O4. The molecule has 0 radical (unpaired) electrons. The maximum Gasteiger partial charge on any atom is 0.236 e. The third-order valence-corrected chi connectivity index (χ3v) is 2.65. The molecule has 0 bridgehead atoms. The van der Waals surface area contributed by atoms with Gasteiger partial charge in [-0.2, -0.15) is 0 Å². The van der Waals surface area contributed by atoms with E-state index in [0.29, 0.717) is 23.8 Å². The highest BCUT2D eigenvalue weighted by molar-refractivity contribution is 5.81. The van der Waals surface area contributed by atoms with E-state index in [0.717, 1.165) is 5.56 Å². The summed E-state index contributed by atoms with van der Waals surface area (Å²) in [5, 5.41) is 2.72. The molecule has 1 aromatic carbocycles. The Morgan fingerprint density at radius 1 is 1.16 bits per heavy atom. The van der Waals surface area contributed by atoms with Crippen LogP contribution in [0.2, 0.25) is 0 Å². The van der Waals surface area contributed by atoms with Gasteiger partial charge in [0.25, 0.3) is 0 Å². The molecule has 6 heteroatoms. The summed E-state index contributed by atoms with van der Waals surface area (Å²) in [6.07, 6.45) is 0. The van der Waals surface area contributed by atoms with Crippen molar-refractivity contribution in [3.8, 4) is 17.2 Å². The van der Waals surface area contributed by atoms with Crippen molar-refractivity contribution in [1.82, 2.24) is 5.32 Å². The summed E-state index contributed by atoms with van der Waals surface area (Å²) in [4.78, 5) is 11.5. The van der Waals surface area contributed by atoms with Crippen LogP contribution in [-0.4, -0.2) is 33.3 Å². The molecule has 106 valence electrons. The number of carbonyl (C=O) groups is 1. The van der Waals surface area contributed by atoms with Gasteiger partial charge in [0.05, 0.1) is 27.4 Å². The fourth-order valence-corrected chi connectivity index (χ4v) is 1.57. The lowest BCUT2D eigenvalue weighted by Gasteiger charge is -2.15. The molecule has 0 aliphatic carbocycles. The molecule has 1 atom stereocenters. The van der Waals surface area contributed by atoms with Gasteiger partial charge in [-0.25, -0.2) is 0 Å². The molecular weight excluding hydrogens is 248 g/mol. The topological polar surface area (TPSA) is 82.8 Å². The van der Waals surface area contributed by atoms with Crippen LogP contribution in [0.25, 0.3) is 0 Å². The van der Waals surface area contributed by atoms with Crippen molar-refractivity contribution >= 4 is 5.91 Å². The van der Waals surface area contributed by atoms with Crippen LogP contribution < -0.4 is 25.3 Å². The van der Waals surface area contributed by atoms with E-state index >= 15 is 0 Å². The fraction of sp³-hybridized carbons (Fsp3) is 0.462. The second-order valence-corrected chi connectivity index (χ2v) is 4.03. The zero-order chi connectivity index (χ0) is 14.4. The molecule has 1 unspecified atom stereocenters. The van der Waals surface area contributed by atoms with Crippen LogP contribution in [0.4, 0.5) is 0 Å². The number of rotatable bonds is 6. The molecule has 0 saturated carbocycles. The van der Waals surface area contributed by atoms with Gasteiger partial charge in [0.2, 0.25) is 5.91 Å². The molecule has 0 aromatic heterocycles. The summed E-state index contributed by atoms with van der Waals surface area (Å²) >= 11 is 0. The molecule has 0 aliphatic rings. The van der Waals surface area contributed by atoms with E-state index in [1.807, 2.05) is 0 Å². The Morgan fingerprint density at radius 2 is 1.68 bits per heavy atom. The van der Waals surface area contributed by atoms with Gasteiger partial charge >= 0.3 is 0 Å². The standard InChI is InChI=1S/C13H20N2O4/c1-8(14)13(16)15-7-9-5-11(18-3)12(19-4)6-10(9)17-2/h5-6,8H,7,14H2,1-4H3,(H,15,16). The first-order valence-electron chi connectivity index (χ1n) is 5.85. The third-order valence-electron chi connectivity index (χ3n) is 2.65. The zero-order valence-electron chi connectivity index (χ0n) is 11.6. The summed E-state index contributed by atoms with van der Waals surface area (Å²) in [7, 11) is 4.65. The molecule has 0 saturated heterocycles. The molecule has 0 aliphatic heterocycles. The van der Waals surface area contributed by atoms with E-state index in [9.17, 15) is 4.79 Å². The quantitative estimate of drug-likeness (QED) is 0.792. The van der Waals surface area contributed by atoms with E-state index in [1.165, 1.54) is 0 Å². The number of nitrogens with two attached hydrogens (primary N) is 1. The first-order valence-corrected chi connectivity index (χ1v) is 5.85. The SMILES string of the molecule is COc1cc(OC)c(OC)cc1CNC(=O)C(C)N. The molecule has 3 N–H and O–H groups in total. The average molecular weight is 268 g/mol. The van der Waals surface area contributed by atoms with E-state index in [-0.39, 0.29) is 5.91 Å². The molecule has 0 heterocycles. The van der Waals surface area contributed by atoms with Crippen LogP contribution in [-0.2, 0) is 11.3 Å². The van der Waals surface area contributed by atoms with Crippen molar-refractivity contribution in [1.29, 1.82) is 0 Å². The number of hydrogen-bond donors (Lipinski definition) is 2. The fourth-order valence-electron chi connectivity index (χ4n) is 1.57. The van der Waals surface area contributed by atoms with Gasteiger partial charge in [-0.3, -0.25) is 4.79 Å². The van der Waals surface area contributed by atoms with E-state index in [1.54, 1.807) is 40.4 Å². The molecule has 6 nitrogen and oxygen atoms in total. The molecule has 0 fully saturated rings. The Kier molecular flexibility index (Phi) is 5.44. The van der Waals surface area contributed by atoms with Gasteiger partial charge in [0, 0.05) is 18.2 Å². The highest BCUT2D eigenvalue weighted by Crippen LogP contribution is 2.34. The minimum Gasteiger partial charge on any atom is -0.496 e. The summed E-state index contributed by atoms with van der Waals surface area (Å²) in [5.41, 5.74) is 6.27. The lowest BCUT2D eigenvalue weighted by molar-refractivity contribution is -0.122. The van der Waals surface area contributed by atoms with Crippen LogP contribution >= 0.6 is 0 Å². The summed E-state index contributed by atoms with van der Waals surface area (Å²) in [6, 6.07) is 2.93. The Balaban J connectivity index is 2.95. The van der Waals surface area contributed by atoms with Crippen LogP contribution in [0.1, 0.15) is 12.5 Å². The number of ether oxygens (including phenoxy) is 3. The van der Waals surface area contributed by atoms with Crippen molar-refractivity contribution in [3.63, 3.8) is 0 Å². The second kappa shape index (κ2) is 6.84. The number of hydrogen-bond acceptors (Lipinski definition) is 5. The summed E-state index contributed by atoms with van der Waals surface area (Å²) < 4.78 is 15.7. The van der Waals surface area contributed by atoms with Gasteiger partial charge in [-0.15, -0.1) is 0 Å². The molecule has 19 heavy (non-hydrogen) atoms. The molecule has 1 amide bonds. The van der Waals surface area contributed by atoms with Gasteiger partial charge in [-0.05, 0) is 13.0 Å². The normalized spacial score (nSPS) is 11.6. The minimum atomic E-state index is -0.550.